The van der Waals surface area contributed by atoms with Crippen LogP contribution in [0.5, 0.6) is 0 Å². The van der Waals surface area contributed by atoms with Gasteiger partial charge in [0, 0.05) is 17.8 Å². The van der Waals surface area contributed by atoms with Gasteiger partial charge in [0.1, 0.15) is 0 Å². The zero-order valence-corrected chi connectivity index (χ0v) is 12.4. The first-order chi connectivity index (χ1) is 8.75. The number of hydrogen-bond acceptors (Lipinski definition) is 3. The van der Waals surface area contributed by atoms with Crippen LogP contribution in [-0.2, 0) is 0 Å². The smallest absolute Gasteiger partial charge is 0.251 e. The number of amides is 1. The summed E-state index contributed by atoms with van der Waals surface area (Å²) in [7, 11) is 0. The molecule has 1 aromatic rings. The number of carbonyl (C=O) groups excluding carboxylic acids is 1. The molecule has 0 spiro atoms. The molecule has 0 aliphatic carbocycles. The zero-order chi connectivity index (χ0) is 14.6. The molecule has 0 saturated heterocycles. The van der Waals surface area contributed by atoms with Crippen LogP contribution in [0, 0.1) is 6.92 Å². The third-order valence-corrected chi connectivity index (χ3v) is 3.26. The molecule has 0 aliphatic heterocycles. The molecule has 1 aromatic carbocycles. The maximum absolute atomic E-state index is 11.7. The van der Waals surface area contributed by atoms with E-state index in [4.69, 9.17) is 0 Å². The second kappa shape index (κ2) is 6.06. The molecular weight excluding hydrogens is 240 g/mol. The van der Waals surface area contributed by atoms with Gasteiger partial charge < -0.3 is 15.7 Å². The molecule has 4 nitrogen and oxygen atoms in total. The first kappa shape index (κ1) is 15.5. The summed E-state index contributed by atoms with van der Waals surface area (Å²) < 4.78 is 0. The molecule has 0 radical (unpaired) electrons. The largest absolute Gasteiger partial charge is 0.388 e. The van der Waals surface area contributed by atoms with Crippen molar-refractivity contribution in [3.8, 4) is 0 Å². The summed E-state index contributed by atoms with van der Waals surface area (Å²) in [6.45, 7) is 9.92. The van der Waals surface area contributed by atoms with Crippen LogP contribution in [0.15, 0.2) is 18.2 Å². The molecule has 3 N–H and O–H groups in total. The van der Waals surface area contributed by atoms with E-state index in [1.165, 1.54) is 0 Å². The second-order valence-electron chi connectivity index (χ2n) is 5.41. The van der Waals surface area contributed by atoms with E-state index in [-0.39, 0.29) is 11.9 Å². The van der Waals surface area contributed by atoms with Crippen molar-refractivity contribution in [3.05, 3.63) is 29.3 Å². The number of rotatable bonds is 5. The van der Waals surface area contributed by atoms with E-state index in [9.17, 15) is 9.90 Å². The van der Waals surface area contributed by atoms with Crippen LogP contribution in [0.2, 0.25) is 0 Å². The van der Waals surface area contributed by atoms with Gasteiger partial charge in [-0.3, -0.25) is 4.79 Å². The van der Waals surface area contributed by atoms with Crippen LogP contribution in [0.4, 0.5) is 5.69 Å². The molecule has 1 rings (SSSR count). The standard InChI is InChI=1S/C15H24N2O2/c1-6-16-14(18)12-7-8-13(10(2)9-12)17-11(3)15(4,5)19/h7-9,11,17,19H,6H2,1-5H3,(H,16,18). The van der Waals surface area contributed by atoms with E-state index in [0.29, 0.717) is 12.1 Å². The Kier molecular flexibility index (Phi) is 4.95. The van der Waals surface area contributed by atoms with E-state index in [1.807, 2.05) is 32.9 Å². The number of anilines is 1. The number of aliphatic hydroxyl groups is 1. The molecule has 1 amide bonds. The van der Waals surface area contributed by atoms with Crippen molar-refractivity contribution in [1.82, 2.24) is 5.32 Å². The molecule has 0 saturated carbocycles. The summed E-state index contributed by atoms with van der Waals surface area (Å²) in [6.07, 6.45) is 0. The lowest BCUT2D eigenvalue weighted by Crippen LogP contribution is -2.39. The zero-order valence-electron chi connectivity index (χ0n) is 12.4. The SMILES string of the molecule is CCNC(=O)c1ccc(NC(C)C(C)(C)O)c(C)c1. The van der Waals surface area contributed by atoms with Crippen LogP contribution in [0.25, 0.3) is 0 Å². The van der Waals surface area contributed by atoms with Gasteiger partial charge in [-0.25, -0.2) is 0 Å². The highest BCUT2D eigenvalue weighted by atomic mass is 16.3. The van der Waals surface area contributed by atoms with Gasteiger partial charge in [0.25, 0.3) is 5.91 Å². The predicted molar refractivity (Wildman–Crippen MR) is 78.6 cm³/mol. The molecular formula is C15H24N2O2. The molecule has 1 atom stereocenters. The van der Waals surface area contributed by atoms with Crippen molar-refractivity contribution in [2.24, 2.45) is 0 Å². The summed E-state index contributed by atoms with van der Waals surface area (Å²) in [4.78, 5) is 11.7. The van der Waals surface area contributed by atoms with Gasteiger partial charge in [-0.2, -0.15) is 0 Å². The lowest BCUT2D eigenvalue weighted by Gasteiger charge is -2.28. The Morgan fingerprint density at radius 1 is 1.42 bits per heavy atom. The van der Waals surface area contributed by atoms with Crippen molar-refractivity contribution in [1.29, 1.82) is 0 Å². The molecule has 0 fully saturated rings. The van der Waals surface area contributed by atoms with E-state index in [1.54, 1.807) is 19.9 Å². The van der Waals surface area contributed by atoms with Crippen LogP contribution >= 0.6 is 0 Å². The van der Waals surface area contributed by atoms with E-state index in [0.717, 1.165) is 11.3 Å². The first-order valence-electron chi connectivity index (χ1n) is 6.63. The summed E-state index contributed by atoms with van der Waals surface area (Å²) in [5.74, 6) is -0.0623. The molecule has 106 valence electrons. The Morgan fingerprint density at radius 3 is 2.53 bits per heavy atom. The Balaban J connectivity index is 2.86. The van der Waals surface area contributed by atoms with Gasteiger partial charge in [0.05, 0.1) is 11.6 Å². The van der Waals surface area contributed by atoms with E-state index < -0.39 is 5.60 Å². The summed E-state index contributed by atoms with van der Waals surface area (Å²) in [5, 5.41) is 16.0. The van der Waals surface area contributed by atoms with Crippen molar-refractivity contribution in [3.63, 3.8) is 0 Å². The molecule has 4 heteroatoms. The van der Waals surface area contributed by atoms with E-state index >= 15 is 0 Å². The van der Waals surface area contributed by atoms with Crippen LogP contribution in [-0.4, -0.2) is 29.2 Å². The highest BCUT2D eigenvalue weighted by Crippen LogP contribution is 2.20. The lowest BCUT2D eigenvalue weighted by molar-refractivity contribution is 0.0649. The third kappa shape index (κ3) is 4.24. The fraction of sp³-hybridized carbons (Fsp3) is 0.533. The number of benzene rings is 1. The van der Waals surface area contributed by atoms with Gasteiger partial charge in [-0.1, -0.05) is 0 Å². The van der Waals surface area contributed by atoms with Crippen molar-refractivity contribution >= 4 is 11.6 Å². The number of aryl methyl sites for hydroxylation is 1. The molecule has 0 bridgehead atoms. The molecule has 0 heterocycles. The molecule has 19 heavy (non-hydrogen) atoms. The lowest BCUT2D eigenvalue weighted by atomic mass is 9.99. The highest BCUT2D eigenvalue weighted by molar-refractivity contribution is 5.94. The van der Waals surface area contributed by atoms with Crippen molar-refractivity contribution < 1.29 is 9.90 Å². The normalized spacial score (nSPS) is 12.9. The second-order valence-corrected chi connectivity index (χ2v) is 5.41. The van der Waals surface area contributed by atoms with Gasteiger partial charge in [0.15, 0.2) is 0 Å². The minimum Gasteiger partial charge on any atom is -0.388 e. The van der Waals surface area contributed by atoms with E-state index in [2.05, 4.69) is 10.6 Å². The monoisotopic (exact) mass is 264 g/mol. The Labute approximate surface area is 115 Å². The highest BCUT2D eigenvalue weighted by Gasteiger charge is 2.22. The van der Waals surface area contributed by atoms with Gasteiger partial charge >= 0.3 is 0 Å². The van der Waals surface area contributed by atoms with Crippen LogP contribution in [0.3, 0.4) is 0 Å². The van der Waals surface area contributed by atoms with Gasteiger partial charge in [0.2, 0.25) is 0 Å². The van der Waals surface area contributed by atoms with Crippen molar-refractivity contribution in [2.45, 2.75) is 46.3 Å². The Morgan fingerprint density at radius 2 is 2.05 bits per heavy atom. The quantitative estimate of drug-likeness (QED) is 0.765. The topological polar surface area (TPSA) is 61.4 Å². The fourth-order valence-electron chi connectivity index (χ4n) is 1.64. The van der Waals surface area contributed by atoms with Gasteiger partial charge in [-0.05, 0) is 58.4 Å². The number of hydrogen-bond donors (Lipinski definition) is 3. The first-order valence-corrected chi connectivity index (χ1v) is 6.63. The molecule has 0 aromatic heterocycles. The average molecular weight is 264 g/mol. The van der Waals surface area contributed by atoms with Crippen LogP contribution in [0.1, 0.15) is 43.6 Å². The maximum Gasteiger partial charge on any atom is 0.251 e. The number of nitrogens with one attached hydrogen (secondary N) is 2. The summed E-state index contributed by atoms with van der Waals surface area (Å²) >= 11 is 0. The summed E-state index contributed by atoms with van der Waals surface area (Å²) in [6, 6.07) is 5.44. The fourth-order valence-corrected chi connectivity index (χ4v) is 1.64. The molecule has 0 aliphatic rings. The van der Waals surface area contributed by atoms with Crippen molar-refractivity contribution in [2.75, 3.05) is 11.9 Å². The molecule has 1 unspecified atom stereocenters. The minimum atomic E-state index is -0.801. The average Bonchev–Trinajstić information content (AvgIpc) is 2.30. The predicted octanol–water partition coefficient (Wildman–Crippen LogP) is 2.32. The Bertz CT molecular complexity index is 450. The van der Waals surface area contributed by atoms with Crippen LogP contribution < -0.4 is 10.6 Å². The third-order valence-electron chi connectivity index (χ3n) is 3.26. The maximum atomic E-state index is 11.7. The van der Waals surface area contributed by atoms with Gasteiger partial charge in [-0.15, -0.1) is 0 Å². The minimum absolute atomic E-state index is 0.0623. The Hall–Kier alpha value is -1.55. The summed E-state index contributed by atoms with van der Waals surface area (Å²) in [5.41, 5.74) is 1.77. The number of carbonyl (C=O) groups is 1.